The van der Waals surface area contributed by atoms with Crippen molar-refractivity contribution in [2.24, 2.45) is 0 Å². The number of carbonyl (C=O) groups excluding carboxylic acids is 1. The summed E-state index contributed by atoms with van der Waals surface area (Å²) in [6.07, 6.45) is -5.64. The second-order valence-electron chi connectivity index (χ2n) is 0.986. The summed E-state index contributed by atoms with van der Waals surface area (Å²) in [6.45, 7) is 0. The number of ether oxygens (including phenoxy) is 2. The minimum absolute atomic E-state index is 0. The van der Waals surface area contributed by atoms with Gasteiger partial charge in [0.15, 0.2) is 0 Å². The molecule has 64 valence electrons. The maximum atomic E-state index is 9.86. The molecule has 0 aromatic heterocycles. The van der Waals surface area contributed by atoms with E-state index in [4.69, 9.17) is 10.2 Å². The molecule has 0 atom stereocenters. The van der Waals surface area contributed by atoms with Crippen molar-refractivity contribution in [3.8, 4) is 0 Å². The Morgan fingerprint density at radius 1 is 0.917 bits per heavy atom. The standard InChI is InChI=1S/C3H2O7.2Ba.4H/c4-1(5)9-3(8)10-2(6)7;;;;;;/h(H,4,5)(H,6,7);;;;;;/q;2*+2;4*-1. The fourth-order valence-electron chi connectivity index (χ4n) is 0.163. The fraction of sp³-hybridized carbons (Fsp3) is 0. The van der Waals surface area contributed by atoms with E-state index >= 15 is 0 Å². The fourth-order valence-corrected chi connectivity index (χ4v) is 0.163. The number of rotatable bonds is 0. The first-order chi connectivity index (χ1) is 4.52. The zero-order valence-corrected chi connectivity index (χ0v) is 14.7. The van der Waals surface area contributed by atoms with Gasteiger partial charge >= 0.3 is 116 Å². The van der Waals surface area contributed by atoms with Crippen molar-refractivity contribution in [1.29, 1.82) is 0 Å². The predicted octanol–water partition coefficient (Wildman–Crippen LogP) is 0.184. The van der Waals surface area contributed by atoms with Crippen LogP contribution in [0.1, 0.15) is 5.71 Å². The summed E-state index contributed by atoms with van der Waals surface area (Å²) in [4.78, 5) is 28.8. The largest absolute Gasteiger partial charge is 2.00 e. The van der Waals surface area contributed by atoms with Crippen LogP contribution < -0.4 is 0 Å². The minimum Gasteiger partial charge on any atom is -1.00 e. The van der Waals surface area contributed by atoms with Crippen molar-refractivity contribution in [3.63, 3.8) is 0 Å². The second-order valence-corrected chi connectivity index (χ2v) is 0.986. The van der Waals surface area contributed by atoms with Gasteiger partial charge in [0.05, 0.1) is 0 Å². The van der Waals surface area contributed by atoms with E-state index in [-0.39, 0.29) is 103 Å². The normalized spacial score (nSPS) is 6.67. The Hall–Kier alpha value is 1.35. The maximum Gasteiger partial charge on any atom is 2.00 e. The first kappa shape index (κ1) is 19.0. The van der Waals surface area contributed by atoms with Crippen LogP contribution in [0.25, 0.3) is 0 Å². The average molecular weight is 429 g/mol. The predicted molar refractivity (Wildman–Crippen MR) is 39.6 cm³/mol. The molecule has 0 aromatic rings. The van der Waals surface area contributed by atoms with Crippen LogP contribution in [0.4, 0.5) is 14.4 Å². The van der Waals surface area contributed by atoms with Gasteiger partial charge in [-0.1, -0.05) is 0 Å². The van der Waals surface area contributed by atoms with Gasteiger partial charge in [0, 0.05) is 0 Å². The molecule has 0 rings (SSSR count). The molecule has 0 heterocycles. The second kappa shape index (κ2) is 10.4. The van der Waals surface area contributed by atoms with Gasteiger partial charge in [0.25, 0.3) is 0 Å². The van der Waals surface area contributed by atoms with E-state index in [2.05, 4.69) is 9.47 Å². The van der Waals surface area contributed by atoms with E-state index in [1.807, 2.05) is 0 Å². The third-order valence-electron chi connectivity index (χ3n) is 0.341. The summed E-state index contributed by atoms with van der Waals surface area (Å²) in [5.41, 5.74) is 0. The van der Waals surface area contributed by atoms with E-state index in [9.17, 15) is 14.4 Å². The Labute approximate surface area is 153 Å². The monoisotopic (exact) mass is 430 g/mol. The smallest absolute Gasteiger partial charge is 1.00 e. The van der Waals surface area contributed by atoms with Gasteiger partial charge in [-0.25, -0.2) is 14.4 Å². The molecule has 2 N–H and O–H groups in total. The molecule has 0 unspecified atom stereocenters. The molecule has 0 saturated carbocycles. The van der Waals surface area contributed by atoms with Crippen LogP contribution in [0, 0.1) is 0 Å². The molecule has 12 heavy (non-hydrogen) atoms. The van der Waals surface area contributed by atoms with Gasteiger partial charge in [0.1, 0.15) is 0 Å². The zero-order chi connectivity index (χ0) is 8.15. The molecule has 0 bridgehead atoms. The third kappa shape index (κ3) is 13.9. The SMILES string of the molecule is O=C(O)OC(=O)OC(=O)O.[Ba+2].[Ba+2].[H-].[H-].[H-].[H-]. The van der Waals surface area contributed by atoms with E-state index in [1.165, 1.54) is 0 Å². The van der Waals surface area contributed by atoms with Crippen molar-refractivity contribution in [1.82, 2.24) is 0 Å². The Morgan fingerprint density at radius 2 is 1.17 bits per heavy atom. The van der Waals surface area contributed by atoms with Crippen molar-refractivity contribution < 1.29 is 39.8 Å². The summed E-state index contributed by atoms with van der Waals surface area (Å²) < 4.78 is 6.47. The number of carbonyl (C=O) groups is 3. The first-order valence-electron chi connectivity index (χ1n) is 1.88. The Morgan fingerprint density at radius 3 is 1.33 bits per heavy atom. The molecule has 0 fully saturated rings. The Balaban J connectivity index is -0.0000000270. The summed E-state index contributed by atoms with van der Waals surface area (Å²) in [5.74, 6) is 0. The van der Waals surface area contributed by atoms with Crippen LogP contribution in [0.15, 0.2) is 0 Å². The zero-order valence-electron chi connectivity index (χ0n) is 9.85. The molecule has 0 aliphatic heterocycles. The molecule has 0 saturated heterocycles. The third-order valence-corrected chi connectivity index (χ3v) is 0.341. The van der Waals surface area contributed by atoms with Crippen LogP contribution in [0.2, 0.25) is 0 Å². The van der Waals surface area contributed by atoms with Crippen LogP contribution in [-0.4, -0.2) is 126 Å². The topological polar surface area (TPSA) is 110 Å². The van der Waals surface area contributed by atoms with Gasteiger partial charge in [-0.05, 0) is 0 Å². The van der Waals surface area contributed by atoms with Gasteiger partial charge < -0.3 is 25.4 Å². The Bertz CT molecular complexity index is 172. The molecule has 0 aliphatic carbocycles. The molecule has 7 nitrogen and oxygen atoms in total. The van der Waals surface area contributed by atoms with Crippen LogP contribution in [0.5, 0.6) is 0 Å². The minimum atomic E-state index is -1.92. The average Bonchev–Trinajstić information content (AvgIpc) is 1.58. The van der Waals surface area contributed by atoms with Gasteiger partial charge in [-0.3, -0.25) is 0 Å². The van der Waals surface area contributed by atoms with Crippen molar-refractivity contribution in [3.05, 3.63) is 0 Å². The van der Waals surface area contributed by atoms with Crippen LogP contribution in [-0.2, 0) is 9.47 Å². The van der Waals surface area contributed by atoms with E-state index in [1.54, 1.807) is 0 Å². The van der Waals surface area contributed by atoms with Crippen molar-refractivity contribution in [2.75, 3.05) is 0 Å². The summed E-state index contributed by atoms with van der Waals surface area (Å²) in [6, 6.07) is 0. The quantitative estimate of drug-likeness (QED) is 0.322. The first-order valence-corrected chi connectivity index (χ1v) is 1.88. The van der Waals surface area contributed by atoms with E-state index in [0.29, 0.717) is 0 Å². The summed E-state index contributed by atoms with van der Waals surface area (Å²) in [5, 5.41) is 15.4. The van der Waals surface area contributed by atoms with Crippen molar-refractivity contribution in [2.45, 2.75) is 0 Å². The molecule has 0 aliphatic rings. The number of carboxylic acid groups (broad SMARTS) is 2. The molecule has 0 amide bonds. The molecule has 9 heteroatoms. The molecule has 0 aromatic carbocycles. The maximum absolute atomic E-state index is 9.86. The summed E-state index contributed by atoms with van der Waals surface area (Å²) in [7, 11) is 0. The molecule has 0 spiro atoms. The number of hydrogen-bond donors (Lipinski definition) is 2. The van der Waals surface area contributed by atoms with Gasteiger partial charge in [-0.15, -0.1) is 0 Å². The van der Waals surface area contributed by atoms with Crippen LogP contribution in [0.3, 0.4) is 0 Å². The summed E-state index contributed by atoms with van der Waals surface area (Å²) >= 11 is 0. The van der Waals surface area contributed by atoms with Gasteiger partial charge in [0.2, 0.25) is 0 Å². The Kier molecular flexibility index (Phi) is 16.5. The number of hydrogen-bond acceptors (Lipinski definition) is 5. The van der Waals surface area contributed by atoms with Crippen molar-refractivity contribution >= 4 is 116 Å². The van der Waals surface area contributed by atoms with Crippen LogP contribution >= 0.6 is 0 Å². The molecular weight excluding hydrogens is 423 g/mol. The van der Waals surface area contributed by atoms with E-state index < -0.39 is 18.5 Å². The molecule has 0 radical (unpaired) electrons. The molecular formula is C3H6Ba2O7. The van der Waals surface area contributed by atoms with Gasteiger partial charge in [-0.2, -0.15) is 0 Å². The van der Waals surface area contributed by atoms with E-state index in [0.717, 1.165) is 0 Å².